The molecule has 0 radical (unpaired) electrons. The highest BCUT2D eigenvalue weighted by atomic mass is 16.2. The summed E-state index contributed by atoms with van der Waals surface area (Å²) in [6.07, 6.45) is 6.46. The number of fused-ring (bicyclic) bond motifs is 3. The minimum atomic E-state index is 0.460. The Balaban J connectivity index is 1.34. The first kappa shape index (κ1) is 11.3. The lowest BCUT2D eigenvalue weighted by atomic mass is 9.86. The molecule has 4 aliphatic rings. The molecule has 3 nitrogen and oxygen atoms in total. The van der Waals surface area contributed by atoms with Gasteiger partial charge in [0.1, 0.15) is 0 Å². The SMILES string of the molecule is O=C(CC1CC2CCC1C2)N1C[C@H]2CNC[C@H]2C1. The van der Waals surface area contributed by atoms with Gasteiger partial charge in [-0.15, -0.1) is 0 Å². The Hall–Kier alpha value is -0.570. The molecule has 0 spiro atoms. The fourth-order valence-corrected chi connectivity index (χ4v) is 5.04. The van der Waals surface area contributed by atoms with E-state index in [9.17, 15) is 4.79 Å². The number of amides is 1. The standard InChI is InChI=1S/C15H24N2O/c18-15(5-12-4-10-1-2-11(12)3-10)17-8-13-6-16-7-14(13)9-17/h10-14,16H,1-9H2/t10?,11?,12?,13-,14+. The first-order valence-electron chi connectivity index (χ1n) is 7.78. The van der Waals surface area contributed by atoms with Crippen LogP contribution in [0.4, 0.5) is 0 Å². The van der Waals surface area contributed by atoms with E-state index >= 15 is 0 Å². The third-order valence-electron chi connectivity index (χ3n) is 6.06. The number of carbonyl (C=O) groups is 1. The van der Waals surface area contributed by atoms with E-state index in [1.807, 2.05) is 0 Å². The Kier molecular flexibility index (Phi) is 2.65. The van der Waals surface area contributed by atoms with Crippen molar-refractivity contribution >= 4 is 5.91 Å². The zero-order chi connectivity index (χ0) is 12.1. The van der Waals surface area contributed by atoms with Crippen molar-refractivity contribution in [3.05, 3.63) is 0 Å². The van der Waals surface area contributed by atoms with Crippen LogP contribution in [-0.4, -0.2) is 37.0 Å². The molecule has 2 aliphatic carbocycles. The zero-order valence-corrected chi connectivity index (χ0v) is 11.1. The second-order valence-corrected chi connectivity index (χ2v) is 7.12. The van der Waals surface area contributed by atoms with Crippen molar-refractivity contribution in [2.45, 2.75) is 32.1 Å². The smallest absolute Gasteiger partial charge is 0.222 e. The summed E-state index contributed by atoms with van der Waals surface area (Å²) in [5.41, 5.74) is 0. The van der Waals surface area contributed by atoms with Crippen molar-refractivity contribution in [2.75, 3.05) is 26.2 Å². The molecule has 2 aliphatic heterocycles. The molecule has 3 heteroatoms. The van der Waals surface area contributed by atoms with Crippen LogP contribution in [0.5, 0.6) is 0 Å². The maximum absolute atomic E-state index is 12.4. The van der Waals surface area contributed by atoms with Crippen LogP contribution in [0.25, 0.3) is 0 Å². The van der Waals surface area contributed by atoms with Gasteiger partial charge in [-0.05, 0) is 48.9 Å². The van der Waals surface area contributed by atoms with Crippen LogP contribution < -0.4 is 5.32 Å². The van der Waals surface area contributed by atoms with Crippen molar-refractivity contribution in [2.24, 2.45) is 29.6 Å². The number of nitrogens with one attached hydrogen (secondary N) is 1. The van der Waals surface area contributed by atoms with E-state index in [0.717, 1.165) is 62.2 Å². The third kappa shape index (κ3) is 1.78. The van der Waals surface area contributed by atoms with E-state index in [1.54, 1.807) is 0 Å². The van der Waals surface area contributed by atoms with Crippen molar-refractivity contribution in [3.63, 3.8) is 0 Å². The van der Waals surface area contributed by atoms with Crippen LogP contribution in [0.2, 0.25) is 0 Å². The predicted molar refractivity (Wildman–Crippen MR) is 70.0 cm³/mol. The summed E-state index contributed by atoms with van der Waals surface area (Å²) in [6, 6.07) is 0. The Morgan fingerprint density at radius 2 is 1.83 bits per heavy atom. The van der Waals surface area contributed by atoms with Crippen LogP contribution in [0.15, 0.2) is 0 Å². The third-order valence-corrected chi connectivity index (χ3v) is 6.06. The Labute approximate surface area is 109 Å². The fourth-order valence-electron chi connectivity index (χ4n) is 5.04. The topological polar surface area (TPSA) is 32.3 Å². The second-order valence-electron chi connectivity index (χ2n) is 7.12. The highest BCUT2D eigenvalue weighted by Gasteiger charge is 2.42. The minimum absolute atomic E-state index is 0.460. The molecule has 2 heterocycles. The van der Waals surface area contributed by atoms with E-state index in [-0.39, 0.29) is 0 Å². The average molecular weight is 248 g/mol. The summed E-state index contributed by atoms with van der Waals surface area (Å²) in [6.45, 7) is 4.31. The molecule has 0 aromatic rings. The van der Waals surface area contributed by atoms with Crippen LogP contribution >= 0.6 is 0 Å². The molecular formula is C15H24N2O. The minimum Gasteiger partial charge on any atom is -0.342 e. The molecule has 1 amide bonds. The number of hydrogen-bond acceptors (Lipinski definition) is 2. The molecule has 2 saturated heterocycles. The maximum Gasteiger partial charge on any atom is 0.222 e. The van der Waals surface area contributed by atoms with Gasteiger partial charge >= 0.3 is 0 Å². The predicted octanol–water partition coefficient (Wildman–Crippen LogP) is 1.49. The monoisotopic (exact) mass is 248 g/mol. The Bertz CT molecular complexity index is 344. The van der Waals surface area contributed by atoms with E-state index in [1.165, 1.54) is 25.7 Å². The maximum atomic E-state index is 12.4. The van der Waals surface area contributed by atoms with Crippen molar-refractivity contribution in [1.82, 2.24) is 10.2 Å². The van der Waals surface area contributed by atoms with Gasteiger partial charge in [-0.2, -0.15) is 0 Å². The van der Waals surface area contributed by atoms with Crippen molar-refractivity contribution in [3.8, 4) is 0 Å². The molecule has 0 aromatic carbocycles. The van der Waals surface area contributed by atoms with Gasteiger partial charge in [-0.1, -0.05) is 6.42 Å². The number of carbonyl (C=O) groups excluding carboxylic acids is 1. The summed E-state index contributed by atoms with van der Waals surface area (Å²) in [7, 11) is 0. The van der Waals surface area contributed by atoms with E-state index in [2.05, 4.69) is 10.2 Å². The van der Waals surface area contributed by atoms with Gasteiger partial charge in [0.25, 0.3) is 0 Å². The molecular weight excluding hydrogens is 224 g/mol. The normalized spacial score (nSPS) is 45.8. The van der Waals surface area contributed by atoms with Crippen LogP contribution in [0.1, 0.15) is 32.1 Å². The van der Waals surface area contributed by atoms with Gasteiger partial charge in [0, 0.05) is 32.6 Å². The quantitative estimate of drug-likeness (QED) is 0.803. The van der Waals surface area contributed by atoms with Gasteiger partial charge < -0.3 is 10.2 Å². The molecule has 4 rings (SSSR count). The number of likely N-dealkylation sites (tertiary alicyclic amines) is 1. The summed E-state index contributed by atoms with van der Waals surface area (Å²) < 4.78 is 0. The summed E-state index contributed by atoms with van der Waals surface area (Å²) in [5, 5.41) is 3.44. The van der Waals surface area contributed by atoms with Gasteiger partial charge in [0.05, 0.1) is 0 Å². The fraction of sp³-hybridized carbons (Fsp3) is 0.933. The highest BCUT2D eigenvalue weighted by Crippen LogP contribution is 2.49. The summed E-state index contributed by atoms with van der Waals surface area (Å²) in [4.78, 5) is 14.6. The van der Waals surface area contributed by atoms with Gasteiger partial charge in [-0.3, -0.25) is 4.79 Å². The first-order valence-corrected chi connectivity index (χ1v) is 7.78. The lowest BCUT2D eigenvalue weighted by molar-refractivity contribution is -0.131. The van der Waals surface area contributed by atoms with E-state index in [4.69, 9.17) is 0 Å². The summed E-state index contributed by atoms with van der Waals surface area (Å²) in [5.74, 6) is 4.54. The molecule has 1 N–H and O–H groups in total. The average Bonchev–Trinajstić information content (AvgIpc) is 3.08. The Morgan fingerprint density at radius 1 is 1.06 bits per heavy atom. The lowest BCUT2D eigenvalue weighted by Crippen LogP contribution is -2.33. The van der Waals surface area contributed by atoms with Gasteiger partial charge in [0.2, 0.25) is 5.91 Å². The molecule has 4 fully saturated rings. The van der Waals surface area contributed by atoms with Crippen LogP contribution in [-0.2, 0) is 4.79 Å². The highest BCUT2D eigenvalue weighted by molar-refractivity contribution is 5.77. The molecule has 5 atom stereocenters. The van der Waals surface area contributed by atoms with Gasteiger partial charge in [0.15, 0.2) is 0 Å². The Morgan fingerprint density at radius 3 is 2.44 bits per heavy atom. The molecule has 3 unspecified atom stereocenters. The first-order chi connectivity index (χ1) is 8.79. The van der Waals surface area contributed by atoms with Crippen LogP contribution in [0, 0.1) is 29.6 Å². The molecule has 18 heavy (non-hydrogen) atoms. The largest absolute Gasteiger partial charge is 0.342 e. The van der Waals surface area contributed by atoms with Crippen molar-refractivity contribution in [1.29, 1.82) is 0 Å². The van der Waals surface area contributed by atoms with E-state index in [0.29, 0.717) is 5.91 Å². The lowest BCUT2D eigenvalue weighted by Gasteiger charge is -2.24. The number of rotatable bonds is 2. The van der Waals surface area contributed by atoms with Crippen LogP contribution in [0.3, 0.4) is 0 Å². The van der Waals surface area contributed by atoms with Crippen molar-refractivity contribution < 1.29 is 4.79 Å². The molecule has 100 valence electrons. The second kappa shape index (κ2) is 4.22. The molecule has 0 aromatic heterocycles. The van der Waals surface area contributed by atoms with E-state index < -0.39 is 0 Å². The molecule has 2 bridgehead atoms. The molecule has 2 saturated carbocycles. The van der Waals surface area contributed by atoms with Gasteiger partial charge in [-0.25, -0.2) is 0 Å². The number of hydrogen-bond donors (Lipinski definition) is 1. The zero-order valence-electron chi connectivity index (χ0n) is 11.1. The number of nitrogens with zero attached hydrogens (tertiary/aromatic N) is 1. The summed E-state index contributed by atoms with van der Waals surface area (Å²) >= 11 is 0.